The van der Waals surface area contributed by atoms with E-state index in [1.165, 1.54) is 31.3 Å². The van der Waals surface area contributed by atoms with Gasteiger partial charge in [0.1, 0.15) is 0 Å². The van der Waals surface area contributed by atoms with Gasteiger partial charge in [0.15, 0.2) is 0 Å². The molecule has 2 rings (SSSR count). The Labute approximate surface area is 123 Å². The van der Waals surface area contributed by atoms with Gasteiger partial charge in [-0.3, -0.25) is 4.90 Å². The van der Waals surface area contributed by atoms with Gasteiger partial charge in [-0.1, -0.05) is 45.2 Å². The Morgan fingerprint density at radius 2 is 2.00 bits per heavy atom. The van der Waals surface area contributed by atoms with E-state index in [0.29, 0.717) is 17.0 Å². The molecule has 2 nitrogen and oxygen atoms in total. The molecule has 1 aliphatic carbocycles. The Morgan fingerprint density at radius 1 is 1.37 bits per heavy atom. The quantitative estimate of drug-likeness (QED) is 0.831. The molecular weight excluding hydrogens is 256 g/mol. The van der Waals surface area contributed by atoms with Crippen LogP contribution in [0, 0.1) is 5.41 Å². The summed E-state index contributed by atoms with van der Waals surface area (Å²) in [5, 5.41) is 3.82. The molecule has 0 bridgehead atoms. The summed E-state index contributed by atoms with van der Waals surface area (Å²) in [6.45, 7) is 12.5. The lowest BCUT2D eigenvalue weighted by atomic mass is 9.81. The zero-order valence-corrected chi connectivity index (χ0v) is 13.7. The minimum atomic E-state index is 0.317. The van der Waals surface area contributed by atoms with Gasteiger partial charge in [-0.15, -0.1) is 0 Å². The third-order valence-corrected chi connectivity index (χ3v) is 5.33. The van der Waals surface area contributed by atoms with Crippen LogP contribution in [0.15, 0.2) is 11.1 Å². The van der Waals surface area contributed by atoms with E-state index in [-0.39, 0.29) is 0 Å². The second kappa shape index (κ2) is 5.75. The van der Waals surface area contributed by atoms with Crippen molar-refractivity contribution < 1.29 is 0 Å². The van der Waals surface area contributed by atoms with Gasteiger partial charge in [-0.2, -0.15) is 0 Å². The molecule has 1 atom stereocenters. The predicted octanol–water partition coefficient (Wildman–Crippen LogP) is 3.76. The van der Waals surface area contributed by atoms with E-state index in [1.807, 2.05) is 0 Å². The molecule has 0 radical (unpaired) electrons. The van der Waals surface area contributed by atoms with Crippen molar-refractivity contribution in [2.45, 2.75) is 65.0 Å². The van der Waals surface area contributed by atoms with Crippen LogP contribution in [0.25, 0.3) is 0 Å². The first kappa shape index (κ1) is 15.3. The van der Waals surface area contributed by atoms with Crippen LogP contribution in [-0.4, -0.2) is 36.1 Å². The molecule has 0 amide bonds. The Morgan fingerprint density at radius 3 is 2.53 bits per heavy atom. The molecule has 2 fully saturated rings. The number of hydrogen-bond acceptors (Lipinski definition) is 2. The lowest BCUT2D eigenvalue weighted by molar-refractivity contribution is 0.0245. The highest BCUT2D eigenvalue weighted by Gasteiger charge is 2.45. The molecule has 19 heavy (non-hydrogen) atoms. The van der Waals surface area contributed by atoms with E-state index in [4.69, 9.17) is 11.6 Å². The van der Waals surface area contributed by atoms with Crippen molar-refractivity contribution in [1.82, 2.24) is 10.2 Å². The molecule has 1 unspecified atom stereocenters. The van der Waals surface area contributed by atoms with Gasteiger partial charge in [0, 0.05) is 36.8 Å². The molecule has 1 saturated heterocycles. The molecule has 3 heteroatoms. The number of piperazine rings is 1. The van der Waals surface area contributed by atoms with Crippen LogP contribution in [0.2, 0.25) is 0 Å². The van der Waals surface area contributed by atoms with E-state index in [1.54, 1.807) is 5.54 Å². The van der Waals surface area contributed by atoms with Gasteiger partial charge < -0.3 is 5.32 Å². The molecule has 110 valence electrons. The highest BCUT2D eigenvalue weighted by molar-refractivity contribution is 6.25. The minimum absolute atomic E-state index is 0.317. The third kappa shape index (κ3) is 3.34. The molecule has 1 saturated carbocycles. The first-order valence-electron chi connectivity index (χ1n) is 7.62. The van der Waals surface area contributed by atoms with Crippen LogP contribution < -0.4 is 5.32 Å². The van der Waals surface area contributed by atoms with E-state index in [0.717, 1.165) is 19.6 Å². The summed E-state index contributed by atoms with van der Waals surface area (Å²) < 4.78 is 0. The standard InChI is InChI=1S/C16H29ClN2/c1-13(9-17)10-19-11-14(15(2,3)4)18-12-16(19)7-5-6-8-16/h9,14,18H,5-8,10-12H2,1-4H3. The Kier molecular flexibility index (Phi) is 4.64. The Balaban J connectivity index is 2.14. The second-order valence-electron chi connectivity index (χ2n) is 7.57. The summed E-state index contributed by atoms with van der Waals surface area (Å²) in [6, 6.07) is 0.571. The average Bonchev–Trinajstić information content (AvgIpc) is 2.80. The van der Waals surface area contributed by atoms with Crippen molar-refractivity contribution >= 4 is 11.6 Å². The topological polar surface area (TPSA) is 15.3 Å². The molecule has 1 heterocycles. The SMILES string of the molecule is CC(=CCl)CN1CC(C(C)(C)C)NCC12CCCC2. The largest absolute Gasteiger partial charge is 0.310 e. The Bertz CT molecular complexity index is 337. The monoisotopic (exact) mass is 284 g/mol. The van der Waals surface area contributed by atoms with Crippen molar-refractivity contribution in [3.05, 3.63) is 11.1 Å². The van der Waals surface area contributed by atoms with Crippen molar-refractivity contribution in [2.24, 2.45) is 5.41 Å². The molecule has 1 spiro atoms. The van der Waals surface area contributed by atoms with Gasteiger partial charge in [-0.25, -0.2) is 0 Å². The average molecular weight is 285 g/mol. The molecule has 1 N–H and O–H groups in total. The van der Waals surface area contributed by atoms with E-state index < -0.39 is 0 Å². The first-order valence-corrected chi connectivity index (χ1v) is 8.05. The summed E-state index contributed by atoms with van der Waals surface area (Å²) in [5.41, 5.74) is 3.74. The molecule has 0 aromatic heterocycles. The summed E-state index contributed by atoms with van der Waals surface area (Å²) in [7, 11) is 0. The van der Waals surface area contributed by atoms with Crippen LogP contribution in [0.5, 0.6) is 0 Å². The van der Waals surface area contributed by atoms with Crippen molar-refractivity contribution in [3.63, 3.8) is 0 Å². The maximum Gasteiger partial charge on any atom is 0.0338 e. The highest BCUT2D eigenvalue weighted by atomic mass is 35.5. The second-order valence-corrected chi connectivity index (χ2v) is 7.79. The van der Waals surface area contributed by atoms with Crippen molar-refractivity contribution in [2.75, 3.05) is 19.6 Å². The number of nitrogens with one attached hydrogen (secondary N) is 1. The number of rotatable bonds is 2. The molecule has 1 aliphatic heterocycles. The fourth-order valence-electron chi connectivity index (χ4n) is 3.58. The number of hydrogen-bond donors (Lipinski definition) is 1. The van der Waals surface area contributed by atoms with Crippen molar-refractivity contribution in [1.29, 1.82) is 0 Å². The van der Waals surface area contributed by atoms with Crippen LogP contribution in [0.1, 0.15) is 53.4 Å². The number of nitrogens with zero attached hydrogens (tertiary/aromatic N) is 1. The van der Waals surface area contributed by atoms with Crippen LogP contribution in [-0.2, 0) is 0 Å². The van der Waals surface area contributed by atoms with Gasteiger partial charge in [0.05, 0.1) is 0 Å². The highest BCUT2D eigenvalue weighted by Crippen LogP contribution is 2.39. The van der Waals surface area contributed by atoms with Gasteiger partial charge in [0.2, 0.25) is 0 Å². The predicted molar refractivity (Wildman–Crippen MR) is 83.6 cm³/mol. The van der Waals surface area contributed by atoms with Crippen molar-refractivity contribution in [3.8, 4) is 0 Å². The molecule has 0 aromatic rings. The van der Waals surface area contributed by atoms with Crippen LogP contribution in [0.4, 0.5) is 0 Å². The van der Waals surface area contributed by atoms with Crippen LogP contribution >= 0.6 is 11.6 Å². The normalized spacial score (nSPS) is 29.1. The number of halogens is 1. The van der Waals surface area contributed by atoms with Gasteiger partial charge >= 0.3 is 0 Å². The summed E-state index contributed by atoms with van der Waals surface area (Å²) in [4.78, 5) is 2.71. The zero-order chi connectivity index (χ0) is 14.1. The summed E-state index contributed by atoms with van der Waals surface area (Å²) >= 11 is 5.89. The smallest absolute Gasteiger partial charge is 0.0338 e. The van der Waals surface area contributed by atoms with E-state index in [9.17, 15) is 0 Å². The zero-order valence-electron chi connectivity index (χ0n) is 12.9. The minimum Gasteiger partial charge on any atom is -0.310 e. The maximum atomic E-state index is 5.89. The van der Waals surface area contributed by atoms with Gasteiger partial charge in [0.25, 0.3) is 0 Å². The summed E-state index contributed by atoms with van der Waals surface area (Å²) in [6.07, 6.45) is 5.43. The lowest BCUT2D eigenvalue weighted by Crippen LogP contribution is -2.66. The maximum absolute atomic E-state index is 5.89. The molecule has 2 aliphatic rings. The van der Waals surface area contributed by atoms with Crippen LogP contribution in [0.3, 0.4) is 0 Å². The summed E-state index contributed by atoms with van der Waals surface area (Å²) in [5.74, 6) is 0. The Hall–Kier alpha value is -0.0500. The van der Waals surface area contributed by atoms with E-state index in [2.05, 4.69) is 37.9 Å². The van der Waals surface area contributed by atoms with E-state index >= 15 is 0 Å². The lowest BCUT2D eigenvalue weighted by Gasteiger charge is -2.51. The third-order valence-electron chi connectivity index (χ3n) is 4.96. The first-order chi connectivity index (χ1) is 8.87. The molecule has 0 aromatic carbocycles. The fourth-order valence-corrected chi connectivity index (χ4v) is 3.65. The fraction of sp³-hybridized carbons (Fsp3) is 0.875. The van der Waals surface area contributed by atoms with Gasteiger partial charge in [-0.05, 0) is 30.8 Å². The molecular formula is C16H29ClN2.